The Balaban J connectivity index is 1.94. The highest BCUT2D eigenvalue weighted by molar-refractivity contribution is 5.97. The van der Waals surface area contributed by atoms with Gasteiger partial charge >= 0.3 is 0 Å². The van der Waals surface area contributed by atoms with Crippen LogP contribution in [0.4, 0.5) is 11.4 Å². The van der Waals surface area contributed by atoms with Crippen LogP contribution >= 0.6 is 0 Å². The third-order valence-electron chi connectivity index (χ3n) is 2.78. The zero-order valence-corrected chi connectivity index (χ0v) is 10.3. The number of hydrogen-bond donors (Lipinski definition) is 1. The Kier molecular flexibility index (Phi) is 2.55. The maximum atomic E-state index is 11.9. The van der Waals surface area contributed by atoms with Gasteiger partial charge in [-0.25, -0.2) is 0 Å². The van der Waals surface area contributed by atoms with Gasteiger partial charge < -0.3 is 10.5 Å². The van der Waals surface area contributed by atoms with Crippen molar-refractivity contribution in [2.45, 2.75) is 6.54 Å². The lowest BCUT2D eigenvalue weighted by molar-refractivity contribution is -0.121. The molecule has 98 valence electrons. The fraction of sp³-hybridized carbons (Fsp3) is 0.273. The predicted octanol–water partition coefficient (Wildman–Crippen LogP) is -0.282. The van der Waals surface area contributed by atoms with Crippen LogP contribution < -0.4 is 15.4 Å². The van der Waals surface area contributed by atoms with Crippen molar-refractivity contribution in [3.8, 4) is 5.75 Å². The topological polar surface area (TPSA) is 99.2 Å². The fourth-order valence-corrected chi connectivity index (χ4v) is 1.92. The minimum absolute atomic E-state index is 0.0171. The second-order valence-electron chi connectivity index (χ2n) is 4.19. The third kappa shape index (κ3) is 2.07. The number of fused-ring (bicyclic) bond motifs is 1. The molecule has 1 aliphatic heterocycles. The van der Waals surface area contributed by atoms with Gasteiger partial charge in [0.15, 0.2) is 12.4 Å². The summed E-state index contributed by atoms with van der Waals surface area (Å²) < 4.78 is 5.36. The Morgan fingerprint density at radius 3 is 3.05 bits per heavy atom. The molecule has 19 heavy (non-hydrogen) atoms. The Morgan fingerprint density at radius 1 is 1.47 bits per heavy atom. The van der Waals surface area contributed by atoms with Crippen LogP contribution in [0.15, 0.2) is 18.2 Å². The number of carbonyl (C=O) groups is 1. The van der Waals surface area contributed by atoms with Gasteiger partial charge in [0.1, 0.15) is 5.75 Å². The van der Waals surface area contributed by atoms with Crippen molar-refractivity contribution in [3.05, 3.63) is 24.0 Å². The number of amides is 1. The van der Waals surface area contributed by atoms with Crippen LogP contribution in [0.2, 0.25) is 0 Å². The molecular weight excluding hydrogens is 248 g/mol. The number of nitrogen functional groups attached to an aromatic ring is 1. The summed E-state index contributed by atoms with van der Waals surface area (Å²) in [7, 11) is 1.67. The van der Waals surface area contributed by atoms with Crippen LogP contribution in [-0.2, 0) is 18.4 Å². The van der Waals surface area contributed by atoms with E-state index in [4.69, 9.17) is 10.5 Å². The van der Waals surface area contributed by atoms with E-state index in [9.17, 15) is 4.79 Å². The van der Waals surface area contributed by atoms with E-state index in [2.05, 4.69) is 15.4 Å². The molecule has 2 heterocycles. The maximum absolute atomic E-state index is 11.9. The number of nitrogens with zero attached hydrogens (tertiary/aromatic N) is 5. The molecule has 0 aliphatic carbocycles. The number of rotatable bonds is 2. The largest absolute Gasteiger partial charge is 0.481 e. The van der Waals surface area contributed by atoms with Gasteiger partial charge in [-0.1, -0.05) is 0 Å². The first-order chi connectivity index (χ1) is 9.13. The number of anilines is 2. The summed E-state index contributed by atoms with van der Waals surface area (Å²) in [4.78, 5) is 14.9. The fourth-order valence-electron chi connectivity index (χ4n) is 1.92. The lowest BCUT2D eigenvalue weighted by Crippen LogP contribution is -2.38. The Hall–Kier alpha value is -2.64. The zero-order valence-electron chi connectivity index (χ0n) is 10.3. The van der Waals surface area contributed by atoms with Gasteiger partial charge in [-0.05, 0) is 17.3 Å². The number of aromatic nitrogens is 4. The molecule has 0 saturated heterocycles. The average molecular weight is 260 g/mol. The minimum atomic E-state index is -0.148. The van der Waals surface area contributed by atoms with E-state index in [-0.39, 0.29) is 19.1 Å². The van der Waals surface area contributed by atoms with Gasteiger partial charge in [0.2, 0.25) is 0 Å². The number of benzene rings is 1. The molecule has 0 spiro atoms. The monoisotopic (exact) mass is 260 g/mol. The number of hydrogen-bond acceptors (Lipinski definition) is 6. The van der Waals surface area contributed by atoms with Gasteiger partial charge in [0, 0.05) is 11.8 Å². The van der Waals surface area contributed by atoms with Gasteiger partial charge in [-0.2, -0.15) is 4.80 Å². The summed E-state index contributed by atoms with van der Waals surface area (Å²) in [6, 6.07) is 5.16. The van der Waals surface area contributed by atoms with Gasteiger partial charge in [0.25, 0.3) is 5.91 Å². The number of ether oxygens (including phenoxy) is 1. The van der Waals surface area contributed by atoms with Crippen LogP contribution in [0.3, 0.4) is 0 Å². The molecule has 0 atom stereocenters. The number of carbonyl (C=O) groups excluding carboxylic acids is 1. The first-order valence-electron chi connectivity index (χ1n) is 5.69. The zero-order chi connectivity index (χ0) is 13.4. The summed E-state index contributed by atoms with van der Waals surface area (Å²) in [5.41, 5.74) is 6.95. The normalized spacial score (nSPS) is 14.2. The molecule has 0 unspecified atom stereocenters. The van der Waals surface area contributed by atoms with Crippen molar-refractivity contribution in [2.75, 3.05) is 17.2 Å². The number of aryl methyl sites for hydroxylation is 1. The van der Waals surface area contributed by atoms with E-state index in [1.54, 1.807) is 30.1 Å². The van der Waals surface area contributed by atoms with E-state index in [0.717, 1.165) is 0 Å². The minimum Gasteiger partial charge on any atom is -0.481 e. The molecular formula is C11H12N6O2. The Morgan fingerprint density at radius 2 is 2.32 bits per heavy atom. The molecule has 1 aliphatic rings. The van der Waals surface area contributed by atoms with Crippen molar-refractivity contribution < 1.29 is 9.53 Å². The van der Waals surface area contributed by atoms with Crippen molar-refractivity contribution in [2.24, 2.45) is 7.05 Å². The Labute approximate surface area is 108 Å². The standard InChI is InChI=1S/C11H12N6O2/c1-16-14-10(13-15-16)5-17-8-3-2-7(12)4-9(8)19-6-11(17)18/h2-4H,5-6,12H2,1H3. The van der Waals surface area contributed by atoms with E-state index in [1.807, 2.05) is 0 Å². The SMILES string of the molecule is Cn1nnc(CN2C(=O)COc3cc(N)ccc32)n1. The van der Waals surface area contributed by atoms with Gasteiger partial charge in [-0.15, -0.1) is 10.2 Å². The second kappa shape index (κ2) is 4.23. The van der Waals surface area contributed by atoms with Crippen LogP contribution in [0.25, 0.3) is 0 Å². The van der Waals surface area contributed by atoms with Crippen LogP contribution in [0, 0.1) is 0 Å². The van der Waals surface area contributed by atoms with Crippen LogP contribution in [0.5, 0.6) is 5.75 Å². The second-order valence-corrected chi connectivity index (χ2v) is 4.19. The lowest BCUT2D eigenvalue weighted by atomic mass is 10.2. The highest BCUT2D eigenvalue weighted by Gasteiger charge is 2.26. The summed E-state index contributed by atoms with van der Waals surface area (Å²) in [6.45, 7) is 0.240. The van der Waals surface area contributed by atoms with Crippen molar-refractivity contribution in [1.29, 1.82) is 0 Å². The van der Waals surface area contributed by atoms with Crippen LogP contribution in [-0.4, -0.2) is 32.7 Å². The molecule has 2 N–H and O–H groups in total. The molecule has 0 saturated carbocycles. The van der Waals surface area contributed by atoms with E-state index >= 15 is 0 Å². The highest BCUT2D eigenvalue weighted by atomic mass is 16.5. The molecule has 1 aromatic carbocycles. The molecule has 2 aromatic rings. The van der Waals surface area contributed by atoms with Crippen molar-refractivity contribution in [1.82, 2.24) is 20.2 Å². The van der Waals surface area contributed by atoms with Crippen LogP contribution in [0.1, 0.15) is 5.82 Å². The molecule has 8 heteroatoms. The summed E-state index contributed by atoms with van der Waals surface area (Å²) in [5.74, 6) is 0.911. The lowest BCUT2D eigenvalue weighted by Gasteiger charge is -2.28. The summed E-state index contributed by atoms with van der Waals surface area (Å²) in [6.07, 6.45) is 0. The van der Waals surface area contributed by atoms with Gasteiger partial charge in [0.05, 0.1) is 19.3 Å². The highest BCUT2D eigenvalue weighted by Crippen LogP contribution is 2.34. The molecule has 1 aromatic heterocycles. The maximum Gasteiger partial charge on any atom is 0.265 e. The quantitative estimate of drug-likeness (QED) is 0.745. The molecule has 0 bridgehead atoms. The predicted molar refractivity (Wildman–Crippen MR) is 66.3 cm³/mol. The Bertz CT molecular complexity index is 638. The van der Waals surface area contributed by atoms with Crippen molar-refractivity contribution in [3.63, 3.8) is 0 Å². The number of nitrogens with two attached hydrogens (primary N) is 1. The van der Waals surface area contributed by atoms with E-state index in [1.165, 1.54) is 4.80 Å². The molecule has 8 nitrogen and oxygen atoms in total. The molecule has 0 fully saturated rings. The first kappa shape index (κ1) is 11.5. The first-order valence-corrected chi connectivity index (χ1v) is 5.69. The average Bonchev–Trinajstić information content (AvgIpc) is 2.78. The van der Waals surface area contributed by atoms with E-state index in [0.29, 0.717) is 22.9 Å². The van der Waals surface area contributed by atoms with Crippen molar-refractivity contribution >= 4 is 17.3 Å². The van der Waals surface area contributed by atoms with Gasteiger partial charge in [-0.3, -0.25) is 9.69 Å². The summed E-state index contributed by atoms with van der Waals surface area (Å²) in [5, 5.41) is 11.7. The summed E-state index contributed by atoms with van der Waals surface area (Å²) >= 11 is 0. The van der Waals surface area contributed by atoms with E-state index < -0.39 is 0 Å². The smallest absolute Gasteiger partial charge is 0.265 e. The number of tetrazole rings is 1. The molecule has 1 amide bonds. The molecule has 3 rings (SSSR count). The third-order valence-corrected chi connectivity index (χ3v) is 2.78. The molecule has 0 radical (unpaired) electrons.